The Labute approximate surface area is 86.4 Å². The van der Waals surface area contributed by atoms with Gasteiger partial charge < -0.3 is 4.74 Å². The fraction of sp³-hybridized carbons (Fsp3) is 0.385. The number of ether oxygens (including phenoxy) is 1. The van der Waals surface area contributed by atoms with Gasteiger partial charge in [0, 0.05) is 0 Å². The van der Waals surface area contributed by atoms with Gasteiger partial charge in [0.15, 0.2) is 0 Å². The molecule has 0 aliphatic heterocycles. The number of unbranched alkanes of at least 4 members (excludes halogenated alkanes) is 1. The fourth-order valence-corrected chi connectivity index (χ4v) is 1.12. The van der Waals surface area contributed by atoms with Gasteiger partial charge in [0.25, 0.3) is 0 Å². The molecule has 1 nitrogen and oxygen atoms in total. The molecule has 0 fully saturated rings. The van der Waals surface area contributed by atoms with E-state index in [1.54, 1.807) is 0 Å². The summed E-state index contributed by atoms with van der Waals surface area (Å²) in [6.07, 6.45) is 7.76. The van der Waals surface area contributed by atoms with Gasteiger partial charge in [-0.2, -0.15) is 0 Å². The summed E-state index contributed by atoms with van der Waals surface area (Å²) in [4.78, 5) is 0. The summed E-state index contributed by atoms with van der Waals surface area (Å²) in [6.45, 7) is 2.94. The van der Waals surface area contributed by atoms with E-state index in [-0.39, 0.29) is 0 Å². The summed E-state index contributed by atoms with van der Waals surface area (Å²) in [7, 11) is 0. The zero-order chi connectivity index (χ0) is 10.1. The zero-order valence-corrected chi connectivity index (χ0v) is 8.70. The van der Waals surface area contributed by atoms with E-state index < -0.39 is 0 Å². The summed E-state index contributed by atoms with van der Waals surface area (Å²) < 4.78 is 5.51. The number of rotatable bonds is 6. The van der Waals surface area contributed by atoms with Crippen LogP contribution in [0.2, 0.25) is 0 Å². The third kappa shape index (κ3) is 4.70. The number of allylic oxidation sites excluding steroid dienone is 1. The van der Waals surface area contributed by atoms with Crippen LogP contribution in [0.15, 0.2) is 36.4 Å². The summed E-state index contributed by atoms with van der Waals surface area (Å²) in [5.74, 6) is 0.924. The minimum absolute atomic E-state index is 0.754. The number of benzene rings is 1. The van der Waals surface area contributed by atoms with Crippen LogP contribution >= 0.6 is 0 Å². The van der Waals surface area contributed by atoms with E-state index in [1.165, 1.54) is 12.8 Å². The first-order valence-corrected chi connectivity index (χ1v) is 5.17. The molecular formula is C13H17O. The largest absolute Gasteiger partial charge is 0.493 e. The second kappa shape index (κ2) is 7.19. The molecule has 1 rings (SSSR count). The van der Waals surface area contributed by atoms with Gasteiger partial charge in [-0.1, -0.05) is 37.6 Å². The molecule has 1 radical (unpaired) electrons. The molecule has 0 atom stereocenters. The zero-order valence-electron chi connectivity index (χ0n) is 8.70. The highest BCUT2D eigenvalue weighted by Gasteiger charge is 1.88. The third-order valence-electron chi connectivity index (χ3n) is 1.86. The molecule has 1 aromatic carbocycles. The first-order valence-electron chi connectivity index (χ1n) is 5.17. The van der Waals surface area contributed by atoms with Crippen molar-refractivity contribution in [1.29, 1.82) is 0 Å². The predicted molar refractivity (Wildman–Crippen MR) is 59.4 cm³/mol. The van der Waals surface area contributed by atoms with Gasteiger partial charge in [0.1, 0.15) is 5.75 Å². The Hall–Kier alpha value is -1.24. The van der Waals surface area contributed by atoms with Crippen molar-refractivity contribution in [2.75, 3.05) is 6.61 Å². The van der Waals surface area contributed by atoms with Crippen LogP contribution in [0.3, 0.4) is 0 Å². The van der Waals surface area contributed by atoms with Crippen molar-refractivity contribution >= 4 is 0 Å². The van der Waals surface area contributed by atoms with Gasteiger partial charge in [-0.25, -0.2) is 0 Å². The molecule has 0 saturated heterocycles. The summed E-state index contributed by atoms with van der Waals surface area (Å²) >= 11 is 0. The fourth-order valence-electron chi connectivity index (χ4n) is 1.12. The molecule has 0 aliphatic carbocycles. The lowest BCUT2D eigenvalue weighted by molar-refractivity contribution is 0.325. The lowest BCUT2D eigenvalue weighted by atomic mass is 10.3. The molecule has 0 heterocycles. The van der Waals surface area contributed by atoms with Crippen LogP contribution in [0, 0.1) is 6.07 Å². The van der Waals surface area contributed by atoms with E-state index >= 15 is 0 Å². The first-order chi connectivity index (χ1) is 6.93. The summed E-state index contributed by atoms with van der Waals surface area (Å²) in [6, 6.07) is 10.5. The number of hydrogen-bond acceptors (Lipinski definition) is 1. The predicted octanol–water partition coefficient (Wildman–Crippen LogP) is 3.61. The van der Waals surface area contributed by atoms with Crippen LogP contribution in [0.1, 0.15) is 26.2 Å². The van der Waals surface area contributed by atoms with Crippen molar-refractivity contribution in [2.24, 2.45) is 0 Å². The average Bonchev–Trinajstić information content (AvgIpc) is 2.25. The second-order valence-electron chi connectivity index (χ2n) is 3.13. The normalized spacial score (nSPS) is 10.6. The summed E-state index contributed by atoms with van der Waals surface area (Å²) in [5.41, 5.74) is 0. The van der Waals surface area contributed by atoms with Gasteiger partial charge in [-0.15, -0.1) is 0 Å². The minimum atomic E-state index is 0.754. The third-order valence-corrected chi connectivity index (χ3v) is 1.86. The van der Waals surface area contributed by atoms with E-state index in [2.05, 4.69) is 25.1 Å². The van der Waals surface area contributed by atoms with Crippen molar-refractivity contribution < 1.29 is 4.74 Å². The van der Waals surface area contributed by atoms with Crippen LogP contribution in [-0.2, 0) is 0 Å². The van der Waals surface area contributed by atoms with Gasteiger partial charge >= 0.3 is 0 Å². The molecule has 1 aromatic rings. The monoisotopic (exact) mass is 189 g/mol. The SMILES string of the molecule is CCCC=CCCOc1cc[c]cc1. The molecule has 75 valence electrons. The number of hydrogen-bond donors (Lipinski definition) is 0. The van der Waals surface area contributed by atoms with Crippen molar-refractivity contribution in [3.05, 3.63) is 42.5 Å². The highest BCUT2D eigenvalue weighted by atomic mass is 16.5. The maximum absolute atomic E-state index is 5.51. The lowest BCUT2D eigenvalue weighted by Crippen LogP contribution is -1.94. The van der Waals surface area contributed by atoms with Crippen LogP contribution < -0.4 is 4.74 Å². The van der Waals surface area contributed by atoms with Crippen LogP contribution in [0.5, 0.6) is 5.75 Å². The van der Waals surface area contributed by atoms with Crippen molar-refractivity contribution in [3.63, 3.8) is 0 Å². The molecule has 14 heavy (non-hydrogen) atoms. The molecule has 0 amide bonds. The Morgan fingerprint density at radius 1 is 1.21 bits per heavy atom. The lowest BCUT2D eigenvalue weighted by Gasteiger charge is -2.02. The quantitative estimate of drug-likeness (QED) is 0.490. The van der Waals surface area contributed by atoms with Gasteiger partial charge in [-0.05, 0) is 31.0 Å². The topological polar surface area (TPSA) is 9.23 Å². The standard InChI is InChI=1S/C13H17O/c1-2-3-4-5-9-12-14-13-10-7-6-8-11-13/h4-5,7-8,10-11H,2-3,9,12H2,1H3. The Kier molecular flexibility index (Phi) is 5.57. The molecule has 0 unspecified atom stereocenters. The van der Waals surface area contributed by atoms with Gasteiger partial charge in [0.2, 0.25) is 0 Å². The molecular weight excluding hydrogens is 172 g/mol. The molecule has 0 N–H and O–H groups in total. The van der Waals surface area contributed by atoms with Crippen molar-refractivity contribution in [3.8, 4) is 5.75 Å². The Morgan fingerprint density at radius 3 is 2.64 bits per heavy atom. The van der Waals surface area contributed by atoms with Crippen LogP contribution in [-0.4, -0.2) is 6.61 Å². The molecule has 0 aromatic heterocycles. The summed E-state index contributed by atoms with van der Waals surface area (Å²) in [5, 5.41) is 0. The van der Waals surface area contributed by atoms with Gasteiger partial charge in [0.05, 0.1) is 6.61 Å². The van der Waals surface area contributed by atoms with E-state index in [1.807, 2.05) is 24.3 Å². The first kappa shape index (κ1) is 10.8. The highest BCUT2D eigenvalue weighted by Crippen LogP contribution is 2.08. The van der Waals surface area contributed by atoms with E-state index in [0.29, 0.717) is 0 Å². The van der Waals surface area contributed by atoms with Crippen LogP contribution in [0.4, 0.5) is 0 Å². The highest BCUT2D eigenvalue weighted by molar-refractivity contribution is 5.20. The Bertz CT molecular complexity index is 251. The molecule has 0 aliphatic rings. The van der Waals surface area contributed by atoms with Gasteiger partial charge in [-0.3, -0.25) is 0 Å². The minimum Gasteiger partial charge on any atom is -0.493 e. The molecule has 1 heteroatoms. The maximum atomic E-state index is 5.51. The van der Waals surface area contributed by atoms with Crippen LogP contribution in [0.25, 0.3) is 0 Å². The maximum Gasteiger partial charge on any atom is 0.119 e. The smallest absolute Gasteiger partial charge is 0.119 e. The molecule has 0 spiro atoms. The van der Waals surface area contributed by atoms with E-state index in [9.17, 15) is 0 Å². The Balaban J connectivity index is 2.10. The molecule has 0 saturated carbocycles. The van der Waals surface area contributed by atoms with E-state index in [4.69, 9.17) is 4.74 Å². The Morgan fingerprint density at radius 2 is 1.93 bits per heavy atom. The van der Waals surface area contributed by atoms with Crippen molar-refractivity contribution in [1.82, 2.24) is 0 Å². The molecule has 0 bridgehead atoms. The van der Waals surface area contributed by atoms with Crippen molar-refractivity contribution in [2.45, 2.75) is 26.2 Å². The second-order valence-corrected chi connectivity index (χ2v) is 3.13. The average molecular weight is 189 g/mol. The van der Waals surface area contributed by atoms with E-state index in [0.717, 1.165) is 18.8 Å².